The van der Waals surface area contributed by atoms with Crippen LogP contribution in [0.4, 0.5) is 0 Å². The molecule has 0 spiro atoms. The molecule has 0 saturated heterocycles. The highest BCUT2D eigenvalue weighted by atomic mass is 16.5. The second-order valence-corrected chi connectivity index (χ2v) is 6.22. The number of hydrogen-bond donors (Lipinski definition) is 0. The molecule has 2 aliphatic carbocycles. The molecule has 0 heterocycles. The van der Waals surface area contributed by atoms with Crippen molar-refractivity contribution >= 4 is 11.8 Å². The van der Waals surface area contributed by atoms with E-state index in [9.17, 15) is 9.59 Å². The van der Waals surface area contributed by atoms with Crippen molar-refractivity contribution in [1.29, 1.82) is 0 Å². The van der Waals surface area contributed by atoms with Crippen LogP contribution in [0.1, 0.15) is 18.4 Å². The van der Waals surface area contributed by atoms with Crippen molar-refractivity contribution in [3.8, 4) is 0 Å². The molecule has 3 heteroatoms. The summed E-state index contributed by atoms with van der Waals surface area (Å²) in [4.78, 5) is 25.9. The maximum absolute atomic E-state index is 13.1. The van der Waals surface area contributed by atoms with Crippen LogP contribution in [0.15, 0.2) is 66.8 Å². The number of ether oxygens (including phenoxy) is 1. The number of esters is 1. The average molecular weight is 308 g/mol. The summed E-state index contributed by atoms with van der Waals surface area (Å²) in [6.07, 6.45) is 8.49. The van der Waals surface area contributed by atoms with E-state index in [0.29, 0.717) is 12.8 Å². The Hall–Kier alpha value is -2.42. The molecule has 0 N–H and O–H groups in total. The van der Waals surface area contributed by atoms with Gasteiger partial charge in [0.25, 0.3) is 0 Å². The van der Waals surface area contributed by atoms with E-state index >= 15 is 0 Å². The third-order valence-corrected chi connectivity index (χ3v) is 4.84. The quantitative estimate of drug-likeness (QED) is 0.621. The Bertz CT molecular complexity index is 699. The Morgan fingerprint density at radius 2 is 1.91 bits per heavy atom. The molecule has 0 unspecified atom stereocenters. The fourth-order valence-corrected chi connectivity index (χ4v) is 3.77. The topological polar surface area (TPSA) is 43.4 Å². The van der Waals surface area contributed by atoms with Crippen LogP contribution >= 0.6 is 0 Å². The van der Waals surface area contributed by atoms with Gasteiger partial charge in [-0.15, -0.1) is 0 Å². The highest BCUT2D eigenvalue weighted by molar-refractivity contribution is 5.97. The summed E-state index contributed by atoms with van der Waals surface area (Å²) in [6, 6.07) is 9.45. The SMILES string of the molecule is C=C1C[C@@H]2C=CC=C[C@@H](C2=O)[C@@](C(=O)OC)(c2ccccc2)C1. The molecule has 1 aromatic rings. The molecule has 2 bridgehead atoms. The first-order valence-corrected chi connectivity index (χ1v) is 7.79. The van der Waals surface area contributed by atoms with E-state index in [1.807, 2.05) is 54.6 Å². The molecule has 23 heavy (non-hydrogen) atoms. The van der Waals surface area contributed by atoms with Crippen molar-refractivity contribution in [2.45, 2.75) is 18.3 Å². The van der Waals surface area contributed by atoms with Crippen molar-refractivity contribution in [2.24, 2.45) is 11.8 Å². The van der Waals surface area contributed by atoms with Crippen molar-refractivity contribution in [2.75, 3.05) is 7.11 Å². The summed E-state index contributed by atoms with van der Waals surface area (Å²) >= 11 is 0. The number of hydrogen-bond acceptors (Lipinski definition) is 3. The van der Waals surface area contributed by atoms with Crippen LogP contribution in [-0.4, -0.2) is 18.9 Å². The van der Waals surface area contributed by atoms with E-state index in [2.05, 4.69) is 6.58 Å². The van der Waals surface area contributed by atoms with Gasteiger partial charge in [-0.3, -0.25) is 9.59 Å². The van der Waals surface area contributed by atoms with Crippen LogP contribution in [0.2, 0.25) is 0 Å². The second-order valence-electron chi connectivity index (χ2n) is 6.22. The molecule has 0 amide bonds. The number of rotatable bonds is 2. The van der Waals surface area contributed by atoms with Gasteiger partial charge < -0.3 is 4.74 Å². The predicted octanol–water partition coefficient (Wildman–Crippen LogP) is 3.37. The third-order valence-electron chi connectivity index (χ3n) is 4.84. The van der Waals surface area contributed by atoms with Gasteiger partial charge in [0.2, 0.25) is 0 Å². The van der Waals surface area contributed by atoms with Crippen LogP contribution < -0.4 is 0 Å². The number of carbonyl (C=O) groups is 2. The zero-order valence-corrected chi connectivity index (χ0v) is 13.2. The Balaban J connectivity index is 2.26. The van der Waals surface area contributed by atoms with Crippen LogP contribution in [0, 0.1) is 11.8 Å². The minimum absolute atomic E-state index is 0.0582. The van der Waals surface area contributed by atoms with E-state index in [1.54, 1.807) is 0 Å². The summed E-state index contributed by atoms with van der Waals surface area (Å²) < 4.78 is 5.15. The van der Waals surface area contributed by atoms with Gasteiger partial charge in [-0.2, -0.15) is 0 Å². The van der Waals surface area contributed by atoms with Crippen LogP contribution in [0.25, 0.3) is 0 Å². The molecule has 118 valence electrons. The maximum atomic E-state index is 13.1. The summed E-state index contributed by atoms with van der Waals surface area (Å²) in [5.41, 5.74) is 0.667. The number of methoxy groups -OCH3 is 1. The lowest BCUT2D eigenvalue weighted by Crippen LogP contribution is -2.46. The lowest BCUT2D eigenvalue weighted by molar-refractivity contribution is -0.151. The smallest absolute Gasteiger partial charge is 0.317 e. The first-order chi connectivity index (χ1) is 11.1. The number of allylic oxidation sites excluding steroid dienone is 5. The van der Waals surface area contributed by atoms with Crippen molar-refractivity contribution in [3.05, 3.63) is 72.4 Å². The highest BCUT2D eigenvalue weighted by Gasteiger charge is 2.53. The largest absolute Gasteiger partial charge is 0.468 e. The molecule has 3 rings (SSSR count). The number of Topliss-reactive ketones (excluding diaryl/α,β-unsaturated/α-hetero) is 1. The van der Waals surface area contributed by atoms with Crippen molar-refractivity contribution in [3.63, 3.8) is 0 Å². The highest BCUT2D eigenvalue weighted by Crippen LogP contribution is 2.46. The first kappa shape index (κ1) is 15.5. The molecule has 0 aromatic heterocycles. The van der Waals surface area contributed by atoms with Crippen LogP contribution in [0.3, 0.4) is 0 Å². The third kappa shape index (κ3) is 2.46. The lowest BCUT2D eigenvalue weighted by atomic mass is 9.66. The van der Waals surface area contributed by atoms with Gasteiger partial charge in [0.15, 0.2) is 0 Å². The summed E-state index contributed by atoms with van der Waals surface area (Å²) in [5, 5.41) is 0. The van der Waals surface area contributed by atoms with Gasteiger partial charge in [-0.1, -0.05) is 66.8 Å². The molecule has 1 saturated carbocycles. The van der Waals surface area contributed by atoms with E-state index in [-0.39, 0.29) is 17.7 Å². The van der Waals surface area contributed by atoms with Gasteiger partial charge in [-0.05, 0) is 18.4 Å². The summed E-state index contributed by atoms with van der Waals surface area (Å²) in [5.74, 6) is -1.09. The molecule has 3 nitrogen and oxygen atoms in total. The first-order valence-electron chi connectivity index (χ1n) is 7.79. The zero-order chi connectivity index (χ0) is 16.4. The fraction of sp³-hybridized carbons (Fsp3) is 0.300. The Kier molecular flexibility index (Phi) is 4.03. The molecule has 0 radical (unpaired) electrons. The lowest BCUT2D eigenvalue weighted by Gasteiger charge is -2.35. The Labute approximate surface area is 136 Å². The minimum Gasteiger partial charge on any atom is -0.468 e. The number of benzene rings is 1. The van der Waals surface area contributed by atoms with Gasteiger partial charge in [0.1, 0.15) is 11.2 Å². The second kappa shape index (κ2) is 5.99. The predicted molar refractivity (Wildman–Crippen MR) is 88.8 cm³/mol. The standard InChI is InChI=1S/C20H20O3/c1-14-12-15-8-6-7-11-17(18(15)21)20(13-14,19(22)23-2)16-9-4-3-5-10-16/h3-11,15,17H,1,12-13H2,2H3/t15-,17-,20-/m0/s1. The van der Waals surface area contributed by atoms with E-state index in [1.165, 1.54) is 7.11 Å². The van der Waals surface area contributed by atoms with Gasteiger partial charge in [-0.25, -0.2) is 0 Å². The Morgan fingerprint density at radius 3 is 2.61 bits per heavy atom. The molecule has 1 fully saturated rings. The molecular formula is C20H20O3. The zero-order valence-electron chi connectivity index (χ0n) is 13.2. The maximum Gasteiger partial charge on any atom is 0.317 e. The Morgan fingerprint density at radius 1 is 1.22 bits per heavy atom. The fourth-order valence-electron chi connectivity index (χ4n) is 3.77. The van der Waals surface area contributed by atoms with Crippen LogP contribution in [0.5, 0.6) is 0 Å². The minimum atomic E-state index is -1.04. The van der Waals surface area contributed by atoms with E-state index in [0.717, 1.165) is 11.1 Å². The van der Waals surface area contributed by atoms with Crippen molar-refractivity contribution in [1.82, 2.24) is 0 Å². The van der Waals surface area contributed by atoms with Crippen LogP contribution in [-0.2, 0) is 19.7 Å². The van der Waals surface area contributed by atoms with Gasteiger partial charge >= 0.3 is 5.97 Å². The summed E-state index contributed by atoms with van der Waals surface area (Å²) in [6.45, 7) is 4.12. The average Bonchev–Trinajstić information content (AvgIpc) is 2.81. The number of ketones is 1. The molecule has 1 aromatic carbocycles. The van der Waals surface area contributed by atoms with Gasteiger partial charge in [0, 0.05) is 5.92 Å². The number of carbonyl (C=O) groups excluding carboxylic acids is 2. The molecule has 3 atom stereocenters. The molecule has 0 aliphatic heterocycles. The van der Waals surface area contributed by atoms with E-state index in [4.69, 9.17) is 4.74 Å². The summed E-state index contributed by atoms with van der Waals surface area (Å²) in [7, 11) is 1.38. The van der Waals surface area contributed by atoms with E-state index < -0.39 is 11.3 Å². The molecule has 2 aliphatic rings. The van der Waals surface area contributed by atoms with Gasteiger partial charge in [0.05, 0.1) is 13.0 Å². The normalized spacial score (nSPS) is 29.8. The molecular weight excluding hydrogens is 288 g/mol. The number of fused-ring (bicyclic) bond motifs is 2. The monoisotopic (exact) mass is 308 g/mol. The van der Waals surface area contributed by atoms with Crippen molar-refractivity contribution < 1.29 is 14.3 Å².